The van der Waals surface area contributed by atoms with Crippen molar-refractivity contribution in [2.75, 3.05) is 46.9 Å². The van der Waals surface area contributed by atoms with Crippen LogP contribution in [0.5, 0.6) is 5.75 Å². The van der Waals surface area contributed by atoms with E-state index >= 15 is 0 Å². The third-order valence-electron chi connectivity index (χ3n) is 6.76. The number of hydrogen-bond donors (Lipinski definition) is 1. The first-order valence-electron chi connectivity index (χ1n) is 12.9. The van der Waals surface area contributed by atoms with Crippen molar-refractivity contribution < 1.29 is 23.8 Å². The molecular weight excluding hydrogens is 518 g/mol. The number of carbonyl (C=O) groups is 2. The Bertz CT molecular complexity index is 1250. The number of amides is 2. The Morgan fingerprint density at radius 1 is 0.949 bits per heavy atom. The molecular formula is C30H34ClN3O5. The van der Waals surface area contributed by atoms with Crippen molar-refractivity contribution in [2.45, 2.75) is 19.3 Å². The monoisotopic (exact) mass is 551 g/mol. The summed E-state index contributed by atoms with van der Waals surface area (Å²) in [7, 11) is 3.01. The zero-order chi connectivity index (χ0) is 27.6. The summed E-state index contributed by atoms with van der Waals surface area (Å²) in [6.07, 6.45) is -0.207. The molecule has 0 aliphatic carbocycles. The molecule has 8 nitrogen and oxygen atoms in total. The van der Waals surface area contributed by atoms with Gasteiger partial charge in [-0.3, -0.25) is 4.90 Å². The highest BCUT2D eigenvalue weighted by Crippen LogP contribution is 2.25. The molecule has 9 heteroatoms. The van der Waals surface area contributed by atoms with E-state index in [1.807, 2.05) is 65.6 Å². The number of esters is 1. The van der Waals surface area contributed by atoms with Crippen LogP contribution in [0.2, 0.25) is 5.02 Å². The quantitative estimate of drug-likeness (QED) is 0.360. The molecule has 206 valence electrons. The molecule has 2 amide bonds. The average Bonchev–Trinajstić information content (AvgIpc) is 2.99. The van der Waals surface area contributed by atoms with E-state index in [1.54, 1.807) is 19.2 Å². The summed E-state index contributed by atoms with van der Waals surface area (Å²) in [5, 5.41) is 3.62. The van der Waals surface area contributed by atoms with E-state index < -0.39 is 0 Å². The van der Waals surface area contributed by atoms with Crippen LogP contribution in [0.1, 0.15) is 33.2 Å². The van der Waals surface area contributed by atoms with E-state index in [0.717, 1.165) is 35.5 Å². The zero-order valence-electron chi connectivity index (χ0n) is 22.3. The molecule has 4 rings (SSSR count). The van der Waals surface area contributed by atoms with Gasteiger partial charge in [0.1, 0.15) is 5.75 Å². The van der Waals surface area contributed by atoms with Gasteiger partial charge in [-0.2, -0.15) is 0 Å². The fourth-order valence-electron chi connectivity index (χ4n) is 4.44. The molecule has 1 atom stereocenters. The maximum Gasteiger partial charge on any atom is 0.337 e. The number of benzene rings is 3. The van der Waals surface area contributed by atoms with Crippen LogP contribution in [0.25, 0.3) is 0 Å². The summed E-state index contributed by atoms with van der Waals surface area (Å²) in [5.41, 5.74) is 3.36. The minimum absolute atomic E-state index is 0.0921. The standard InChI is InChI=1S/C30H34ClN3O5/c1-37-26-8-5-7-24(18-26)28(39-21-22-10-12-23(13-11-22)29(35)38-2)20-33-14-16-34(17-15-33)30(36)32-19-25-6-3-4-9-27(25)31/h3-13,18,28H,14-17,19-21H2,1-2H3,(H,32,36)/t28-/m0/s1. The molecule has 1 N–H and O–H groups in total. The minimum atomic E-state index is -0.367. The third-order valence-corrected chi connectivity index (χ3v) is 7.13. The minimum Gasteiger partial charge on any atom is -0.497 e. The maximum atomic E-state index is 12.7. The molecule has 1 aliphatic heterocycles. The van der Waals surface area contributed by atoms with Crippen molar-refractivity contribution in [2.24, 2.45) is 0 Å². The highest BCUT2D eigenvalue weighted by molar-refractivity contribution is 6.31. The summed E-state index contributed by atoms with van der Waals surface area (Å²) < 4.78 is 16.6. The first-order chi connectivity index (χ1) is 19.0. The second-order valence-corrected chi connectivity index (χ2v) is 9.71. The Hall–Kier alpha value is -3.59. The van der Waals surface area contributed by atoms with Crippen LogP contribution in [0.4, 0.5) is 4.79 Å². The first kappa shape index (κ1) is 28.4. The molecule has 3 aromatic carbocycles. The maximum absolute atomic E-state index is 12.7. The summed E-state index contributed by atoms with van der Waals surface area (Å²) in [4.78, 5) is 28.6. The molecule has 3 aromatic rings. The number of rotatable bonds is 10. The summed E-state index contributed by atoms with van der Waals surface area (Å²) in [6.45, 7) is 4.15. The highest BCUT2D eigenvalue weighted by atomic mass is 35.5. The molecule has 1 heterocycles. The van der Waals surface area contributed by atoms with Gasteiger partial charge < -0.3 is 24.4 Å². The van der Waals surface area contributed by atoms with Crippen LogP contribution in [0, 0.1) is 0 Å². The lowest BCUT2D eigenvalue weighted by atomic mass is 10.1. The largest absolute Gasteiger partial charge is 0.497 e. The van der Waals surface area contributed by atoms with E-state index in [4.69, 9.17) is 25.8 Å². The lowest BCUT2D eigenvalue weighted by Crippen LogP contribution is -2.52. The SMILES string of the molecule is COC(=O)c1ccc(CO[C@@H](CN2CCN(C(=O)NCc3ccccc3Cl)CC2)c2cccc(OC)c2)cc1. The van der Waals surface area contributed by atoms with Crippen molar-refractivity contribution in [3.05, 3.63) is 100 Å². The molecule has 0 bridgehead atoms. The summed E-state index contributed by atoms with van der Waals surface area (Å²) in [6, 6.07) is 22.5. The number of nitrogens with zero attached hydrogens (tertiary/aromatic N) is 2. The van der Waals surface area contributed by atoms with Gasteiger partial charge in [-0.25, -0.2) is 9.59 Å². The van der Waals surface area contributed by atoms with Gasteiger partial charge in [0.15, 0.2) is 0 Å². The normalized spacial score (nSPS) is 14.5. The number of methoxy groups -OCH3 is 2. The Morgan fingerprint density at radius 2 is 1.69 bits per heavy atom. The van der Waals surface area contributed by atoms with Gasteiger partial charge in [0.2, 0.25) is 0 Å². The van der Waals surface area contributed by atoms with Gasteiger partial charge >= 0.3 is 12.0 Å². The van der Waals surface area contributed by atoms with Crippen molar-refractivity contribution >= 4 is 23.6 Å². The van der Waals surface area contributed by atoms with E-state index in [1.165, 1.54) is 7.11 Å². The number of halogens is 1. The van der Waals surface area contributed by atoms with E-state index in [2.05, 4.69) is 10.2 Å². The van der Waals surface area contributed by atoms with Gasteiger partial charge in [0, 0.05) is 44.3 Å². The fraction of sp³-hybridized carbons (Fsp3) is 0.333. The van der Waals surface area contributed by atoms with E-state index in [0.29, 0.717) is 43.4 Å². The molecule has 0 spiro atoms. The summed E-state index contributed by atoms with van der Waals surface area (Å²) >= 11 is 6.21. The lowest BCUT2D eigenvalue weighted by Gasteiger charge is -2.36. The first-order valence-corrected chi connectivity index (χ1v) is 13.3. The predicted octanol–water partition coefficient (Wildman–Crippen LogP) is 4.92. The molecule has 0 radical (unpaired) electrons. The molecule has 0 unspecified atom stereocenters. The number of carbonyl (C=O) groups excluding carboxylic acids is 2. The van der Waals surface area contributed by atoms with Crippen LogP contribution >= 0.6 is 11.6 Å². The number of hydrogen-bond acceptors (Lipinski definition) is 6. The molecule has 1 saturated heterocycles. The Labute approximate surface area is 234 Å². The van der Waals surface area contributed by atoms with E-state index in [-0.39, 0.29) is 18.1 Å². The Morgan fingerprint density at radius 3 is 2.38 bits per heavy atom. The number of piperazine rings is 1. The van der Waals surface area contributed by atoms with Crippen molar-refractivity contribution in [1.29, 1.82) is 0 Å². The predicted molar refractivity (Wildman–Crippen MR) is 150 cm³/mol. The number of ether oxygens (including phenoxy) is 3. The zero-order valence-corrected chi connectivity index (χ0v) is 23.0. The van der Waals surface area contributed by atoms with E-state index in [9.17, 15) is 9.59 Å². The molecule has 1 fully saturated rings. The fourth-order valence-corrected chi connectivity index (χ4v) is 4.64. The second kappa shape index (κ2) is 14.0. The van der Waals surface area contributed by atoms with Gasteiger partial charge in [-0.05, 0) is 47.0 Å². The number of urea groups is 1. The summed E-state index contributed by atoms with van der Waals surface area (Å²) in [5.74, 6) is 0.400. The molecule has 39 heavy (non-hydrogen) atoms. The third kappa shape index (κ3) is 7.95. The van der Waals surface area contributed by atoms with Crippen LogP contribution in [-0.4, -0.2) is 68.7 Å². The van der Waals surface area contributed by atoms with Crippen LogP contribution < -0.4 is 10.1 Å². The average molecular weight is 552 g/mol. The molecule has 0 aromatic heterocycles. The van der Waals surface area contributed by atoms with Crippen molar-refractivity contribution in [1.82, 2.24) is 15.1 Å². The van der Waals surface area contributed by atoms with Crippen LogP contribution in [0.3, 0.4) is 0 Å². The van der Waals surface area contributed by atoms with Crippen molar-refractivity contribution in [3.8, 4) is 5.75 Å². The van der Waals surface area contributed by atoms with Crippen LogP contribution in [-0.2, 0) is 22.6 Å². The van der Waals surface area contributed by atoms with Gasteiger partial charge in [0.25, 0.3) is 0 Å². The lowest BCUT2D eigenvalue weighted by molar-refractivity contribution is 0.00544. The van der Waals surface area contributed by atoms with Gasteiger partial charge in [-0.15, -0.1) is 0 Å². The van der Waals surface area contributed by atoms with Gasteiger partial charge in [0.05, 0.1) is 32.5 Å². The Kier molecular flexibility index (Phi) is 10.2. The number of nitrogens with one attached hydrogen (secondary N) is 1. The Balaban J connectivity index is 1.34. The van der Waals surface area contributed by atoms with Crippen molar-refractivity contribution in [3.63, 3.8) is 0 Å². The van der Waals surface area contributed by atoms with Gasteiger partial charge in [-0.1, -0.05) is 54.1 Å². The molecule has 1 aliphatic rings. The molecule has 0 saturated carbocycles. The topological polar surface area (TPSA) is 80.3 Å². The van der Waals surface area contributed by atoms with Crippen LogP contribution in [0.15, 0.2) is 72.8 Å². The highest BCUT2D eigenvalue weighted by Gasteiger charge is 2.24. The smallest absolute Gasteiger partial charge is 0.337 e. The second-order valence-electron chi connectivity index (χ2n) is 9.30.